The predicted octanol–water partition coefficient (Wildman–Crippen LogP) is 29.0. The van der Waals surface area contributed by atoms with E-state index in [4.69, 9.17) is 47.4 Å². The molecule has 0 N–H and O–H groups in total. The molecule has 44 heteroatoms. The lowest BCUT2D eigenvalue weighted by atomic mass is 9.76. The molecule has 5 heterocycles. The Morgan fingerprint density at radius 1 is 0.201 bits per heavy atom. The van der Waals surface area contributed by atoms with Gasteiger partial charge in [-0.3, -0.25) is 0 Å². The van der Waals surface area contributed by atoms with Gasteiger partial charge < -0.3 is 71.1 Å². The fourth-order valence-corrected chi connectivity index (χ4v) is 19.0. The molecule has 0 unspecified atom stereocenters. The highest BCUT2D eigenvalue weighted by Crippen LogP contribution is 2.50. The molecule has 15 nitrogen and oxygen atoms in total. The second kappa shape index (κ2) is 47.4. The fourth-order valence-electron chi connectivity index (χ4n) is 19.0. The van der Waals surface area contributed by atoms with Crippen molar-refractivity contribution >= 4 is 0 Å². The van der Waals surface area contributed by atoms with E-state index < -0.39 is 223 Å². The van der Waals surface area contributed by atoms with Gasteiger partial charge in [-0.25, -0.2) is 83.4 Å². The van der Waals surface area contributed by atoms with E-state index in [1.165, 1.54) is 63.1 Å². The summed E-state index contributed by atoms with van der Waals surface area (Å²) in [6, 6.07) is 14.5. The second-order valence-corrected chi connectivity index (χ2v) is 38.5. The van der Waals surface area contributed by atoms with Crippen molar-refractivity contribution in [2.75, 3.05) is 66.1 Å². The molecule has 149 heavy (non-hydrogen) atoms. The maximum atomic E-state index is 14.5. The zero-order valence-corrected chi connectivity index (χ0v) is 78.6. The minimum absolute atomic E-state index is 0.0464. The quantitative estimate of drug-likeness (QED) is 0.0396. The summed E-state index contributed by atoms with van der Waals surface area (Å²) in [5.74, 6) is -32.3. The molecule has 5 saturated heterocycles. The van der Waals surface area contributed by atoms with Gasteiger partial charge in [-0.15, -0.1) is 0 Å². The van der Waals surface area contributed by atoms with Crippen LogP contribution in [0, 0.1) is 182 Å². The molecule has 9 aromatic rings. The lowest BCUT2D eigenvalue weighted by Gasteiger charge is -2.42. The predicted molar refractivity (Wildman–Crippen MR) is 465 cm³/mol. The maximum Gasteiger partial charge on any atom is 0.432 e. The Morgan fingerprint density at radius 2 is 0.470 bits per heavy atom. The number of alkyl halides is 10. The van der Waals surface area contributed by atoms with Crippen LogP contribution in [0.4, 0.5) is 127 Å². The van der Waals surface area contributed by atoms with Gasteiger partial charge in [0.1, 0.15) is 69.0 Å². The van der Waals surface area contributed by atoms with E-state index in [-0.39, 0.29) is 83.8 Å². The molecular weight excluding hydrogens is 2050 g/mol. The summed E-state index contributed by atoms with van der Waals surface area (Å²) >= 11 is 0. The van der Waals surface area contributed by atoms with Gasteiger partial charge in [0.2, 0.25) is 0 Å². The summed E-state index contributed by atoms with van der Waals surface area (Å²) in [6.45, 7) is 4.70. The van der Waals surface area contributed by atoms with E-state index >= 15 is 0 Å². The molecule has 6 aliphatic carbocycles. The highest BCUT2D eigenvalue weighted by molar-refractivity contribution is 5.37. The molecule has 11 aliphatic rings. The standard InChI is InChI=1S/C21H17F7O3.2C21H18F6O3.C21H25F5O3.C21H19F5O3/c22-14-4-11(20-29-8-12(9-30-20)10-2-1-3-10)5-15(23)18(14)21(27,28)31-13-6-16(24)19(26)17(25)7-13;22-15-5-4-14(8-16(15)23)30-21(26,27)19-17(24)6-12(7-18(19)25)20-28-9-13(10-29-20)11-2-1-3-11;22-16-6-12(20-28-9-13(10-29-20)11-2-1-3-11)4-5-15(16)21(26,27)30-14-7-17(23)19(25)18(24)8-14;2*22-17-8-16(9-18(23)19(17)24)29-21(25,26)15-6-4-13(5-7-15)20-27-10-14(11-28-20)12-2-1-3-12/h4-7,10,12,20H,1-3,8-9H2;2*4-8,11,13,20H,1-3,9-10H2;8-9,12-15,20H,1-7,10-11H2;4-9,12,14,20H,1-3,10-11H2. The van der Waals surface area contributed by atoms with Crippen LogP contribution in [-0.2, 0) is 71.8 Å². The summed E-state index contributed by atoms with van der Waals surface area (Å²) in [7, 11) is 0. The van der Waals surface area contributed by atoms with Crippen molar-refractivity contribution in [1.82, 2.24) is 0 Å². The number of halogens is 29. The van der Waals surface area contributed by atoms with Gasteiger partial charge in [0.05, 0.1) is 83.1 Å². The van der Waals surface area contributed by atoms with Crippen LogP contribution < -0.4 is 23.7 Å². The Hall–Kier alpha value is -10.5. The molecule has 0 radical (unpaired) electrons. The number of hydrogen-bond acceptors (Lipinski definition) is 15. The molecule has 0 bridgehead atoms. The molecule has 0 spiro atoms. The van der Waals surface area contributed by atoms with Crippen molar-refractivity contribution in [2.24, 2.45) is 71.0 Å². The van der Waals surface area contributed by atoms with Crippen LogP contribution >= 0.6 is 0 Å². The zero-order valence-electron chi connectivity index (χ0n) is 78.6. The van der Waals surface area contributed by atoms with Crippen LogP contribution in [0.3, 0.4) is 0 Å². The minimum atomic E-state index is -4.65. The highest BCUT2D eigenvalue weighted by Gasteiger charge is 2.50. The van der Waals surface area contributed by atoms with Gasteiger partial charge in [-0.1, -0.05) is 115 Å². The zero-order chi connectivity index (χ0) is 106. The third-order valence-corrected chi connectivity index (χ3v) is 28.7. The van der Waals surface area contributed by atoms with Gasteiger partial charge in [0.15, 0.2) is 113 Å². The van der Waals surface area contributed by atoms with Gasteiger partial charge in [0, 0.05) is 112 Å². The smallest absolute Gasteiger partial charge is 0.432 e. The van der Waals surface area contributed by atoms with E-state index in [2.05, 4.69) is 23.7 Å². The third-order valence-electron chi connectivity index (χ3n) is 28.7. The lowest BCUT2D eigenvalue weighted by molar-refractivity contribution is -0.252. The van der Waals surface area contributed by atoms with Crippen molar-refractivity contribution < 1.29 is 198 Å². The summed E-state index contributed by atoms with van der Waals surface area (Å²) < 4.78 is 478. The molecule has 810 valence electrons. The monoisotopic (exact) mass is 2150 g/mol. The van der Waals surface area contributed by atoms with Gasteiger partial charge in [-0.2, -0.15) is 43.9 Å². The van der Waals surface area contributed by atoms with Crippen molar-refractivity contribution in [2.45, 2.75) is 184 Å². The third kappa shape index (κ3) is 26.9. The van der Waals surface area contributed by atoms with E-state index in [1.807, 2.05) is 0 Å². The molecule has 6 saturated carbocycles. The Kier molecular flexibility index (Phi) is 35.4. The SMILES string of the molecule is Fc1cc(C2OCC(C3CCC3)CO2)ccc1C(F)(F)Oc1cc(F)c(F)c(F)c1.Fc1cc(OC(F)(F)C2CCC(C3OCC(C4CCC4)CO3)CC2)cc(F)c1F.Fc1cc(OC(F)(F)c2c(F)cc(C3OCC(C4CCC4)CO3)cc2F)cc(F)c1F.Fc1cc(OC(F)(F)c2ccc(C3OCC(C4CCC4)CO3)cc2)cc(F)c1F.Fc1ccc(OC(F)(F)c2c(F)cc(C3OCC(C4CCC4)CO3)cc2F)cc1F. The first-order valence-corrected chi connectivity index (χ1v) is 48.2. The summed E-state index contributed by atoms with van der Waals surface area (Å²) in [5.41, 5.74) is -4.53. The van der Waals surface area contributed by atoms with Gasteiger partial charge >= 0.3 is 30.5 Å². The van der Waals surface area contributed by atoms with Crippen molar-refractivity contribution in [1.29, 1.82) is 0 Å². The van der Waals surface area contributed by atoms with Crippen molar-refractivity contribution in [3.05, 3.63) is 288 Å². The first-order valence-electron chi connectivity index (χ1n) is 48.2. The second-order valence-electron chi connectivity index (χ2n) is 38.5. The maximum absolute atomic E-state index is 14.5. The Morgan fingerprint density at radius 3 is 0.779 bits per heavy atom. The van der Waals surface area contributed by atoms with Crippen molar-refractivity contribution in [3.8, 4) is 28.7 Å². The van der Waals surface area contributed by atoms with Crippen LogP contribution in [0.2, 0.25) is 0 Å². The molecule has 20 rings (SSSR count). The van der Waals surface area contributed by atoms with Crippen LogP contribution in [0.1, 0.15) is 192 Å². The van der Waals surface area contributed by atoms with E-state index in [9.17, 15) is 127 Å². The summed E-state index contributed by atoms with van der Waals surface area (Å²) in [6.07, 6.45) is -6.19. The molecule has 0 atom stereocenters. The van der Waals surface area contributed by atoms with Crippen LogP contribution in [0.5, 0.6) is 28.7 Å². The summed E-state index contributed by atoms with van der Waals surface area (Å²) in [4.78, 5) is 0. The average molecular weight is 2150 g/mol. The molecule has 9 aromatic carbocycles. The van der Waals surface area contributed by atoms with E-state index in [1.54, 1.807) is 0 Å². The minimum Gasteiger partial charge on any atom is -0.432 e. The molecule has 0 amide bonds. The van der Waals surface area contributed by atoms with Gasteiger partial charge in [0.25, 0.3) is 0 Å². The van der Waals surface area contributed by atoms with Crippen LogP contribution in [-0.4, -0.2) is 78.5 Å². The molecule has 0 aromatic heterocycles. The lowest BCUT2D eigenvalue weighted by Crippen LogP contribution is -2.44. The Bertz CT molecular complexity index is 5930. The topological polar surface area (TPSA) is 138 Å². The largest absolute Gasteiger partial charge is 0.432 e. The number of ether oxygens (including phenoxy) is 15. The highest BCUT2D eigenvalue weighted by atomic mass is 19.3. The first-order chi connectivity index (χ1) is 70.8. The first kappa shape index (κ1) is 111. The molecular formula is C105H97F29O15. The number of rotatable bonds is 25. The Labute approximate surface area is 833 Å². The normalized spacial score (nSPS) is 24.3. The summed E-state index contributed by atoms with van der Waals surface area (Å²) in [5, 5.41) is 0. The molecule has 11 fully saturated rings. The average Bonchev–Trinajstić information content (AvgIpc) is 0.810. The van der Waals surface area contributed by atoms with Crippen LogP contribution in [0.25, 0.3) is 0 Å². The van der Waals surface area contributed by atoms with E-state index in [0.29, 0.717) is 187 Å². The fraction of sp³-hybridized carbons (Fsp3) is 0.486. The van der Waals surface area contributed by atoms with E-state index in [0.717, 1.165) is 81.7 Å². The Balaban J connectivity index is 0.000000133. The van der Waals surface area contributed by atoms with Crippen LogP contribution in [0.15, 0.2) is 133 Å². The van der Waals surface area contributed by atoms with Crippen molar-refractivity contribution in [3.63, 3.8) is 0 Å². The number of hydrogen-bond donors (Lipinski definition) is 0. The number of benzene rings is 9. The van der Waals surface area contributed by atoms with Gasteiger partial charge in [-0.05, 0) is 116 Å². The molecule has 5 aliphatic heterocycles.